The Morgan fingerprint density at radius 3 is 2.74 bits per heavy atom. The highest BCUT2D eigenvalue weighted by Gasteiger charge is 2.48. The van der Waals surface area contributed by atoms with Crippen molar-refractivity contribution in [3.05, 3.63) is 57.4 Å². The third-order valence-electron chi connectivity index (χ3n) is 7.17. The Bertz CT molecular complexity index is 1440. The minimum Gasteiger partial charge on any atom is -0.497 e. The summed E-state index contributed by atoms with van der Waals surface area (Å²) in [6.07, 6.45) is -1.11. The van der Waals surface area contributed by atoms with Gasteiger partial charge in [-0.05, 0) is 42.3 Å². The first kappa shape index (κ1) is 23.0. The molecule has 0 radical (unpaired) electrons. The van der Waals surface area contributed by atoms with Gasteiger partial charge in [0.2, 0.25) is 6.10 Å². The first-order valence-corrected chi connectivity index (χ1v) is 11.5. The number of hydrogen-bond donors (Lipinski definition) is 1. The van der Waals surface area contributed by atoms with E-state index in [2.05, 4.69) is 0 Å². The molecular weight excluding hydrogens is 452 g/mol. The zero-order valence-corrected chi connectivity index (χ0v) is 20.0. The van der Waals surface area contributed by atoms with Gasteiger partial charge in [-0.3, -0.25) is 9.59 Å². The molecule has 0 saturated carbocycles. The predicted octanol–water partition coefficient (Wildman–Crippen LogP) is 2.66. The van der Waals surface area contributed by atoms with E-state index in [0.29, 0.717) is 29.2 Å². The van der Waals surface area contributed by atoms with Crippen molar-refractivity contribution in [2.45, 2.75) is 52.0 Å². The number of nitrogens with zero attached hydrogens (tertiary/aromatic N) is 2. The van der Waals surface area contributed by atoms with Gasteiger partial charge in [-0.1, -0.05) is 13.8 Å². The summed E-state index contributed by atoms with van der Waals surface area (Å²) in [4.78, 5) is 42.8. The Kier molecular flexibility index (Phi) is 5.40. The van der Waals surface area contributed by atoms with Crippen LogP contribution in [0.25, 0.3) is 22.3 Å². The van der Waals surface area contributed by atoms with Crippen LogP contribution in [-0.2, 0) is 37.8 Å². The molecule has 1 N–H and O–H groups in total. The number of ether oxygens (including phenoxy) is 3. The minimum absolute atomic E-state index is 0.187. The van der Waals surface area contributed by atoms with Crippen molar-refractivity contribution >= 4 is 22.8 Å². The van der Waals surface area contributed by atoms with Gasteiger partial charge in [0.05, 0.1) is 41.7 Å². The average molecular weight is 479 g/mol. The summed E-state index contributed by atoms with van der Waals surface area (Å²) in [6, 6.07) is 9.31. The molecule has 2 aliphatic rings. The molecule has 35 heavy (non-hydrogen) atoms. The maximum atomic E-state index is 13.6. The predicted molar refractivity (Wildman–Crippen MR) is 126 cm³/mol. The highest BCUT2D eigenvalue weighted by Crippen LogP contribution is 2.42. The number of benzene rings is 1. The number of aliphatic hydroxyl groups is 1. The van der Waals surface area contributed by atoms with E-state index in [1.807, 2.05) is 24.3 Å². The topological polar surface area (TPSA) is 117 Å². The van der Waals surface area contributed by atoms with Crippen LogP contribution in [0.4, 0.5) is 0 Å². The van der Waals surface area contributed by atoms with Crippen LogP contribution in [0, 0.1) is 5.92 Å². The molecule has 2 aromatic heterocycles. The summed E-state index contributed by atoms with van der Waals surface area (Å²) in [6.45, 7) is 4.55. The number of rotatable bonds is 3. The normalized spacial score (nSPS) is 22.9. The fourth-order valence-electron chi connectivity index (χ4n) is 5.17. The van der Waals surface area contributed by atoms with Crippen LogP contribution in [0.1, 0.15) is 43.9 Å². The van der Waals surface area contributed by atoms with E-state index in [1.54, 1.807) is 31.6 Å². The van der Waals surface area contributed by atoms with Crippen molar-refractivity contribution in [3.63, 3.8) is 0 Å². The van der Waals surface area contributed by atoms with E-state index in [4.69, 9.17) is 19.2 Å². The number of esters is 2. The Labute approximate surface area is 201 Å². The van der Waals surface area contributed by atoms with Gasteiger partial charge >= 0.3 is 11.9 Å². The van der Waals surface area contributed by atoms with Crippen LogP contribution >= 0.6 is 0 Å². The lowest BCUT2D eigenvalue weighted by atomic mass is 9.75. The molecule has 0 bridgehead atoms. The monoisotopic (exact) mass is 478 g/mol. The second kappa shape index (κ2) is 8.20. The quantitative estimate of drug-likeness (QED) is 0.447. The number of cyclic esters (lactones) is 1. The zero-order valence-electron chi connectivity index (χ0n) is 20.0. The lowest BCUT2D eigenvalue weighted by Gasteiger charge is -2.39. The first-order valence-electron chi connectivity index (χ1n) is 11.5. The van der Waals surface area contributed by atoms with Crippen LogP contribution in [0.3, 0.4) is 0 Å². The van der Waals surface area contributed by atoms with Crippen LogP contribution < -0.4 is 10.3 Å². The Morgan fingerprint density at radius 2 is 2.06 bits per heavy atom. The molecule has 4 heterocycles. The molecule has 3 aromatic rings. The molecule has 0 saturated heterocycles. The van der Waals surface area contributed by atoms with Gasteiger partial charge in [0, 0.05) is 23.8 Å². The van der Waals surface area contributed by atoms with E-state index in [-0.39, 0.29) is 24.2 Å². The number of carbonyl (C=O) groups is 2. The van der Waals surface area contributed by atoms with Gasteiger partial charge in [-0.15, -0.1) is 0 Å². The molecule has 5 rings (SSSR count). The Balaban J connectivity index is 1.71. The first-order chi connectivity index (χ1) is 16.7. The summed E-state index contributed by atoms with van der Waals surface area (Å²) in [7, 11) is 1.60. The molecule has 1 aromatic carbocycles. The summed E-state index contributed by atoms with van der Waals surface area (Å²) in [5.74, 6) is -1.60. The standard InChI is InChI=1S/C26H26N2O7/c1-5-26(32)13(2)23(35-14(3)29)25(31)34-12-18-19(26)10-21-22-16(11-28(21)24(18)30)8-15-9-17(33-4)6-7-20(15)27-22/h6-10,13,23,32H,5,11-12H2,1-4H3/t13?,23-,26-/m1/s1. The number of methoxy groups -OCH3 is 1. The molecule has 9 heteroatoms. The number of hydrogen-bond acceptors (Lipinski definition) is 8. The summed E-state index contributed by atoms with van der Waals surface area (Å²) >= 11 is 0. The van der Waals surface area contributed by atoms with Gasteiger partial charge < -0.3 is 23.9 Å². The SMILES string of the molecule is CC[C@]1(O)c2cc3n(c(=O)c2COC(=O)[C@H](OC(C)=O)C1C)Cc1cc2cc(OC)ccc2nc1-3. The average Bonchev–Trinajstić information content (AvgIpc) is 3.20. The molecule has 2 aliphatic heterocycles. The van der Waals surface area contributed by atoms with Crippen molar-refractivity contribution in [3.8, 4) is 17.1 Å². The third kappa shape index (κ3) is 3.49. The second-order valence-corrected chi connectivity index (χ2v) is 9.07. The molecule has 0 amide bonds. The van der Waals surface area contributed by atoms with Crippen LogP contribution in [-0.4, -0.2) is 39.8 Å². The fourth-order valence-corrected chi connectivity index (χ4v) is 5.17. The maximum absolute atomic E-state index is 13.6. The highest BCUT2D eigenvalue weighted by molar-refractivity contribution is 5.85. The van der Waals surface area contributed by atoms with Crippen LogP contribution in [0.15, 0.2) is 35.1 Å². The highest BCUT2D eigenvalue weighted by atomic mass is 16.6. The van der Waals surface area contributed by atoms with Gasteiger partial charge in [0.15, 0.2) is 0 Å². The van der Waals surface area contributed by atoms with Crippen LogP contribution in [0.2, 0.25) is 0 Å². The number of carbonyl (C=O) groups excluding carboxylic acids is 2. The van der Waals surface area contributed by atoms with Gasteiger partial charge in [0.25, 0.3) is 5.56 Å². The molecule has 1 unspecified atom stereocenters. The molecule has 0 spiro atoms. The number of aromatic nitrogens is 2. The maximum Gasteiger partial charge on any atom is 0.348 e. The van der Waals surface area contributed by atoms with Crippen molar-refractivity contribution in [2.24, 2.45) is 5.92 Å². The van der Waals surface area contributed by atoms with Gasteiger partial charge in [-0.25, -0.2) is 9.78 Å². The minimum atomic E-state index is -1.61. The van der Waals surface area contributed by atoms with E-state index < -0.39 is 29.6 Å². The smallest absolute Gasteiger partial charge is 0.348 e. The number of pyridine rings is 2. The van der Waals surface area contributed by atoms with E-state index in [0.717, 1.165) is 16.5 Å². The molecule has 0 fully saturated rings. The molecule has 3 atom stereocenters. The summed E-state index contributed by atoms with van der Waals surface area (Å²) in [5, 5.41) is 12.7. The summed E-state index contributed by atoms with van der Waals surface area (Å²) < 4.78 is 17.5. The van der Waals surface area contributed by atoms with E-state index in [9.17, 15) is 19.5 Å². The molecule has 9 nitrogen and oxygen atoms in total. The number of fused-ring (bicyclic) bond motifs is 5. The lowest BCUT2D eigenvalue weighted by molar-refractivity contribution is -0.182. The second-order valence-electron chi connectivity index (χ2n) is 9.07. The van der Waals surface area contributed by atoms with Gasteiger partial charge in [0.1, 0.15) is 12.4 Å². The van der Waals surface area contributed by atoms with Crippen molar-refractivity contribution in [1.29, 1.82) is 0 Å². The summed E-state index contributed by atoms with van der Waals surface area (Å²) in [5.41, 5.74) is 1.45. The van der Waals surface area contributed by atoms with Crippen LogP contribution in [0.5, 0.6) is 5.75 Å². The molecular formula is C26H26N2O7. The fraction of sp³-hybridized carbons (Fsp3) is 0.385. The van der Waals surface area contributed by atoms with E-state index in [1.165, 1.54) is 6.92 Å². The molecule has 0 aliphatic carbocycles. The van der Waals surface area contributed by atoms with Crippen molar-refractivity contribution in [1.82, 2.24) is 9.55 Å². The van der Waals surface area contributed by atoms with E-state index >= 15 is 0 Å². The Morgan fingerprint density at radius 1 is 1.29 bits per heavy atom. The molecule has 182 valence electrons. The van der Waals surface area contributed by atoms with Crippen molar-refractivity contribution < 1.29 is 28.9 Å². The third-order valence-corrected chi connectivity index (χ3v) is 7.17. The van der Waals surface area contributed by atoms with Gasteiger partial charge in [-0.2, -0.15) is 0 Å². The largest absolute Gasteiger partial charge is 0.497 e. The lowest BCUT2D eigenvalue weighted by Crippen LogP contribution is -2.49. The van der Waals surface area contributed by atoms with Crippen molar-refractivity contribution in [2.75, 3.05) is 7.11 Å². The zero-order chi connectivity index (χ0) is 25.1. The Hall–Kier alpha value is -3.72.